The third-order valence-electron chi connectivity index (χ3n) is 5.77. The number of aryl methyl sites for hydroxylation is 1. The number of aromatic nitrogens is 1. The number of benzene rings is 2. The quantitative estimate of drug-likeness (QED) is 0.175. The maximum Gasteiger partial charge on any atom is 0.243 e. The van der Waals surface area contributed by atoms with Gasteiger partial charge < -0.3 is 20.8 Å². The molecule has 0 atom stereocenters. The lowest BCUT2D eigenvalue weighted by molar-refractivity contribution is -0.116. The summed E-state index contributed by atoms with van der Waals surface area (Å²) in [6.45, 7) is 1.35. The van der Waals surface area contributed by atoms with Crippen molar-refractivity contribution in [1.29, 1.82) is 0 Å². The summed E-state index contributed by atoms with van der Waals surface area (Å²) in [5.74, 6) is -0.485. The number of nitrogens with one attached hydrogen (secondary N) is 2. The Kier molecular flexibility index (Phi) is 7.25. The number of rotatable bonds is 8. The Morgan fingerprint density at radius 2 is 1.85 bits per heavy atom. The topological polar surface area (TPSA) is 94.5 Å². The molecule has 0 spiro atoms. The van der Waals surface area contributed by atoms with E-state index in [1.807, 2.05) is 6.07 Å². The number of allylic oxidation sites excluding steroid dienone is 2. The second-order valence-corrected chi connectivity index (χ2v) is 8.17. The highest BCUT2D eigenvalue weighted by atomic mass is 16.3. The largest absolute Gasteiger partial charge is 0.504 e. The van der Waals surface area contributed by atoms with E-state index in [0.29, 0.717) is 6.54 Å². The van der Waals surface area contributed by atoms with Crippen molar-refractivity contribution < 1.29 is 15.0 Å². The monoisotopic (exact) mass is 443 g/mol. The van der Waals surface area contributed by atoms with E-state index < -0.39 is 0 Å². The lowest BCUT2D eigenvalue weighted by atomic mass is 9.92. The number of carbonyl (C=O) groups excluding carboxylic acids is 1. The Labute approximate surface area is 193 Å². The van der Waals surface area contributed by atoms with Gasteiger partial charge in [0.05, 0.1) is 5.52 Å². The van der Waals surface area contributed by atoms with E-state index in [0.717, 1.165) is 36.9 Å². The minimum atomic E-state index is -0.173. The van der Waals surface area contributed by atoms with Gasteiger partial charge >= 0.3 is 0 Å². The summed E-state index contributed by atoms with van der Waals surface area (Å²) < 4.78 is 0. The normalized spacial score (nSPS) is 13.5. The number of para-hydroxylation sites is 1. The molecule has 4 rings (SSSR count). The zero-order valence-electron chi connectivity index (χ0n) is 18.6. The predicted molar refractivity (Wildman–Crippen MR) is 132 cm³/mol. The highest BCUT2D eigenvalue weighted by molar-refractivity contribution is 5.93. The minimum absolute atomic E-state index is 0.153. The number of hydrogen-bond acceptors (Lipinski definition) is 5. The summed E-state index contributed by atoms with van der Waals surface area (Å²) in [5, 5.41) is 26.5. The van der Waals surface area contributed by atoms with E-state index in [4.69, 9.17) is 4.98 Å². The number of nitrogens with zero attached hydrogens (tertiary/aromatic N) is 1. The van der Waals surface area contributed by atoms with Crippen LogP contribution in [0.5, 0.6) is 11.5 Å². The summed E-state index contributed by atoms with van der Waals surface area (Å²) in [5.41, 5.74) is 5.53. The first-order chi connectivity index (χ1) is 16.1. The van der Waals surface area contributed by atoms with Crippen LogP contribution in [0.3, 0.4) is 0 Å². The summed E-state index contributed by atoms with van der Waals surface area (Å²) in [4.78, 5) is 16.9. The molecule has 1 aliphatic carbocycles. The van der Waals surface area contributed by atoms with Crippen molar-refractivity contribution in [2.45, 2.75) is 32.1 Å². The Morgan fingerprint density at radius 3 is 2.73 bits per heavy atom. The predicted octanol–water partition coefficient (Wildman–Crippen LogP) is 4.71. The van der Waals surface area contributed by atoms with Gasteiger partial charge in [-0.2, -0.15) is 0 Å². The zero-order chi connectivity index (χ0) is 23.0. The molecule has 170 valence electrons. The first-order valence-corrected chi connectivity index (χ1v) is 11.4. The van der Waals surface area contributed by atoms with Crippen LogP contribution in [0.15, 0.2) is 60.7 Å². The number of amides is 1. The molecule has 0 aliphatic heterocycles. The summed E-state index contributed by atoms with van der Waals surface area (Å²) >= 11 is 0. The van der Waals surface area contributed by atoms with Crippen molar-refractivity contribution in [2.24, 2.45) is 0 Å². The van der Waals surface area contributed by atoms with Crippen molar-refractivity contribution in [3.63, 3.8) is 0 Å². The molecule has 2 aromatic carbocycles. The first-order valence-electron chi connectivity index (χ1n) is 11.4. The molecule has 1 heterocycles. The van der Waals surface area contributed by atoms with Gasteiger partial charge in [-0.15, -0.1) is 0 Å². The van der Waals surface area contributed by atoms with Gasteiger partial charge in [0.25, 0.3) is 0 Å². The van der Waals surface area contributed by atoms with E-state index in [-0.39, 0.29) is 17.4 Å². The second kappa shape index (κ2) is 10.7. The summed E-state index contributed by atoms with van der Waals surface area (Å²) in [6.07, 6.45) is 11.9. The van der Waals surface area contributed by atoms with Gasteiger partial charge in [-0.05, 0) is 61.4 Å². The average Bonchev–Trinajstić information content (AvgIpc) is 2.83. The van der Waals surface area contributed by atoms with E-state index in [9.17, 15) is 15.0 Å². The lowest BCUT2D eigenvalue weighted by Gasteiger charge is -2.21. The van der Waals surface area contributed by atoms with Crippen LogP contribution < -0.4 is 10.6 Å². The molecular formula is C27H29N3O3. The van der Waals surface area contributed by atoms with Gasteiger partial charge in [0.1, 0.15) is 0 Å². The van der Waals surface area contributed by atoms with E-state index in [1.54, 1.807) is 24.3 Å². The fourth-order valence-electron chi connectivity index (χ4n) is 4.10. The van der Waals surface area contributed by atoms with E-state index >= 15 is 0 Å². The maximum absolute atomic E-state index is 12.0. The standard InChI is InChI=1S/C27H29N3O3/c31-24-15-14-19(18-25(24)32)8-1-6-13-26(33)28-16-7-17-29-27-20-9-2-4-11-22(20)30-23-12-5-3-10-21(23)27/h1-2,4,6,8-9,11,13-15,18,31-32H,3,5,7,10,12,16-17H2,(H,28,33)(H,29,30)/b8-1+,13-6+. The number of aromatic hydroxyl groups is 2. The number of phenolic OH excluding ortho intramolecular Hbond substituents is 2. The summed E-state index contributed by atoms with van der Waals surface area (Å²) in [7, 11) is 0. The molecule has 6 heteroatoms. The molecule has 0 saturated heterocycles. The molecule has 4 N–H and O–H groups in total. The van der Waals surface area contributed by atoms with Crippen molar-refractivity contribution in [3.05, 3.63) is 77.5 Å². The average molecular weight is 444 g/mol. The van der Waals surface area contributed by atoms with Gasteiger partial charge in [-0.3, -0.25) is 9.78 Å². The molecule has 0 unspecified atom stereocenters. The van der Waals surface area contributed by atoms with Gasteiger partial charge in [-0.1, -0.05) is 42.5 Å². The number of fused-ring (bicyclic) bond motifs is 2. The summed E-state index contributed by atoms with van der Waals surface area (Å²) in [6, 6.07) is 12.8. The van der Waals surface area contributed by atoms with Crippen molar-refractivity contribution in [2.75, 3.05) is 18.4 Å². The number of pyridine rings is 1. The van der Waals surface area contributed by atoms with Crippen LogP contribution in [0, 0.1) is 0 Å². The van der Waals surface area contributed by atoms with Crippen molar-refractivity contribution in [3.8, 4) is 11.5 Å². The highest BCUT2D eigenvalue weighted by Gasteiger charge is 2.17. The Hall–Kier alpha value is -3.80. The molecule has 1 aliphatic rings. The Bertz CT molecular complexity index is 1200. The van der Waals surface area contributed by atoms with Crippen LogP contribution in [0.1, 0.15) is 36.1 Å². The molecule has 0 fully saturated rings. The SMILES string of the molecule is O=C(/C=C/C=C/c1ccc(O)c(O)c1)NCCCNc1c2c(nc3ccccc13)CCCC2. The molecule has 0 saturated carbocycles. The van der Waals surface area contributed by atoms with Crippen LogP contribution in [0.25, 0.3) is 17.0 Å². The Morgan fingerprint density at radius 1 is 1.00 bits per heavy atom. The number of phenols is 2. The van der Waals surface area contributed by atoms with Gasteiger partial charge in [-0.25, -0.2) is 0 Å². The molecule has 6 nitrogen and oxygen atoms in total. The molecule has 1 amide bonds. The van der Waals surface area contributed by atoms with Crippen molar-refractivity contribution >= 4 is 28.6 Å². The number of anilines is 1. The smallest absolute Gasteiger partial charge is 0.243 e. The molecule has 3 aromatic rings. The minimum Gasteiger partial charge on any atom is -0.504 e. The fourth-order valence-corrected chi connectivity index (χ4v) is 4.10. The maximum atomic E-state index is 12.0. The van der Waals surface area contributed by atoms with Crippen LogP contribution in [-0.2, 0) is 17.6 Å². The Balaban J connectivity index is 1.25. The molecule has 0 radical (unpaired) electrons. The van der Waals surface area contributed by atoms with E-state index in [2.05, 4.69) is 28.8 Å². The van der Waals surface area contributed by atoms with Crippen LogP contribution in [0.2, 0.25) is 0 Å². The molecule has 33 heavy (non-hydrogen) atoms. The first kappa shape index (κ1) is 22.4. The fraction of sp³-hybridized carbons (Fsp3) is 0.259. The number of carbonyl (C=O) groups is 1. The molecular weight excluding hydrogens is 414 g/mol. The third kappa shape index (κ3) is 5.71. The van der Waals surface area contributed by atoms with Gasteiger partial charge in [0, 0.05) is 35.9 Å². The third-order valence-corrected chi connectivity index (χ3v) is 5.77. The van der Waals surface area contributed by atoms with Gasteiger partial charge in [0.2, 0.25) is 5.91 Å². The van der Waals surface area contributed by atoms with Crippen LogP contribution in [-0.4, -0.2) is 34.2 Å². The highest BCUT2D eigenvalue weighted by Crippen LogP contribution is 2.33. The molecule has 1 aromatic heterocycles. The lowest BCUT2D eigenvalue weighted by Crippen LogP contribution is -2.24. The second-order valence-electron chi connectivity index (χ2n) is 8.17. The van der Waals surface area contributed by atoms with Crippen LogP contribution in [0.4, 0.5) is 5.69 Å². The number of hydrogen-bond donors (Lipinski definition) is 4. The zero-order valence-corrected chi connectivity index (χ0v) is 18.6. The van der Waals surface area contributed by atoms with Gasteiger partial charge in [0.15, 0.2) is 11.5 Å². The van der Waals surface area contributed by atoms with E-state index in [1.165, 1.54) is 53.4 Å². The van der Waals surface area contributed by atoms with Crippen LogP contribution >= 0.6 is 0 Å². The van der Waals surface area contributed by atoms with Crippen molar-refractivity contribution in [1.82, 2.24) is 10.3 Å². The molecule has 0 bridgehead atoms.